The molecule has 24 heteroatoms. The molecule has 98 heavy (non-hydrogen) atoms. The summed E-state index contributed by atoms with van der Waals surface area (Å²) in [5, 5.41) is 28.1. The first kappa shape index (κ1) is 79.0. The molecule has 0 unspecified atom stereocenters. The minimum atomic E-state index is -0.898. The number of hydrogen-bond acceptors (Lipinski definition) is 16. The maximum absolute atomic E-state index is 12.9. The molecule has 22 nitrogen and oxygen atoms in total. The number of β-amino-alcohol motifs (C(OH)–C–C–N with tert-alkyl or cyclic N) is 1. The van der Waals surface area contributed by atoms with Crippen molar-refractivity contribution in [3.8, 4) is 34.0 Å². The van der Waals surface area contributed by atoms with Gasteiger partial charge in [0.15, 0.2) is 0 Å². The van der Waals surface area contributed by atoms with E-state index in [-0.39, 0.29) is 50.0 Å². The van der Waals surface area contributed by atoms with Crippen molar-refractivity contribution in [2.24, 2.45) is 10.2 Å². The minimum absolute atomic E-state index is 0. The lowest BCUT2D eigenvalue weighted by Crippen LogP contribution is -2.40. The highest BCUT2D eigenvalue weighted by atomic mass is 35.5. The molecule has 0 radical (unpaired) electrons. The second kappa shape index (κ2) is 45.5. The summed E-state index contributed by atoms with van der Waals surface area (Å²) in [4.78, 5) is 63.3. The molecule has 2 saturated carbocycles. The third-order valence-electron chi connectivity index (χ3n) is 16.6. The molecule has 0 atom stereocenters. The number of phenolic OH excluding ortho intramolecular Hbond substituents is 1. The number of imidazole rings is 2. The van der Waals surface area contributed by atoms with Crippen molar-refractivity contribution in [2.75, 3.05) is 119 Å². The number of halogens is 1. The van der Waals surface area contributed by atoms with E-state index in [0.29, 0.717) is 24.4 Å². The molecule has 5 heterocycles. The number of hydrogen-bond donors (Lipinski definition) is 2. The van der Waals surface area contributed by atoms with Gasteiger partial charge in [0.05, 0.1) is 75.1 Å². The Morgan fingerprint density at radius 1 is 0.602 bits per heavy atom. The molecule has 4 amide bonds. The van der Waals surface area contributed by atoms with Gasteiger partial charge in [-0.05, 0) is 87.2 Å². The van der Waals surface area contributed by atoms with Crippen molar-refractivity contribution >= 4 is 55.2 Å². The summed E-state index contributed by atoms with van der Waals surface area (Å²) in [6.07, 6.45) is 30.6. The zero-order valence-electron chi connectivity index (χ0n) is 57.3. The van der Waals surface area contributed by atoms with E-state index in [2.05, 4.69) is 118 Å². The second-order valence-electron chi connectivity index (χ2n) is 23.4. The Labute approximate surface area is 585 Å². The molecule has 2 aromatic heterocycles. The Balaban J connectivity index is 0.000000199. The van der Waals surface area contributed by atoms with E-state index in [1.807, 2.05) is 72.6 Å². The van der Waals surface area contributed by atoms with Crippen molar-refractivity contribution in [2.45, 2.75) is 103 Å². The van der Waals surface area contributed by atoms with Crippen molar-refractivity contribution in [3.05, 3.63) is 170 Å². The third-order valence-corrected chi connectivity index (χ3v) is 19.0. The van der Waals surface area contributed by atoms with Crippen LogP contribution in [-0.2, 0) is 23.7 Å². The molecule has 2 N–H and O–H groups in total. The van der Waals surface area contributed by atoms with Crippen LogP contribution in [0, 0.1) is 6.08 Å². The van der Waals surface area contributed by atoms with Gasteiger partial charge in [0.1, 0.15) is 42.9 Å². The molecule has 528 valence electrons. The maximum atomic E-state index is 12.9. The van der Waals surface area contributed by atoms with Crippen LogP contribution in [0.5, 0.6) is 11.5 Å². The van der Waals surface area contributed by atoms with Crippen LogP contribution < -0.4 is 15.3 Å². The standard InChI is InChI=1S/C23H32N4O3.C18H14P.C17H21N3O2.C6H10N2O4.C6H13NO2.C4H8O.ClH/c1-25(20-7-3-2-4-8-20)23(28)27-17-22(24-18-27)19-6-5-9-21(16-19)30-15-12-26-10-13-29-14-11-26;1-4-10-16(11-5-1)19(17-12-6-2-7-13-17)18-14-8-3-9-15-18;1-19(14-7-3-2-4-8-14)17(22)20-11-16(18-12-20)13-6-5-9-15(21)10-13;1-3-11-5(9)7-8-6(10)12-4-2;8-4-1-7-2-5-9-6-3-7;1-2-4-5-3-1;/h5-6,9,16-18,20H,2-4,7-8,10-15H2,1H3;1-2,4-15H;5-6,9-12,14,21H,2-4,7-8H2,1H3;3-4H2,1-2H3;8H,1-6H2;1-4H2;1H/q;+1;;;;;. The number of nitrogens with zero attached hydrogens (tertiary/aromatic N) is 10. The van der Waals surface area contributed by atoms with E-state index < -0.39 is 20.1 Å². The molecular formula is C74H99ClN10O12P+. The number of carbonyl (C=O) groups is 4. The van der Waals surface area contributed by atoms with Gasteiger partial charge in [-0.25, -0.2) is 29.1 Å². The molecule has 6 aliphatic rings. The summed E-state index contributed by atoms with van der Waals surface area (Å²) in [5.41, 5.74) is 3.21. The number of rotatable bonds is 15. The fourth-order valence-corrected chi connectivity index (χ4v) is 13.6. The molecule has 3 aliphatic carbocycles. The van der Waals surface area contributed by atoms with Crippen LogP contribution in [0.4, 0.5) is 19.2 Å². The number of aromatic nitrogens is 4. The monoisotopic (exact) mass is 1390 g/mol. The summed E-state index contributed by atoms with van der Waals surface area (Å²) in [6, 6.07) is 36.9. The Morgan fingerprint density at radius 3 is 1.51 bits per heavy atom. The molecule has 5 fully saturated rings. The van der Waals surface area contributed by atoms with Gasteiger partial charge in [-0.3, -0.25) is 18.9 Å². The van der Waals surface area contributed by atoms with Crippen LogP contribution >= 0.6 is 20.3 Å². The van der Waals surface area contributed by atoms with E-state index >= 15 is 0 Å². The van der Waals surface area contributed by atoms with Crippen molar-refractivity contribution < 1.29 is 57.8 Å². The lowest BCUT2D eigenvalue weighted by atomic mass is 9.95. The van der Waals surface area contributed by atoms with Gasteiger partial charge in [-0.1, -0.05) is 134 Å². The number of phenols is 1. The van der Waals surface area contributed by atoms with Crippen molar-refractivity contribution in [3.63, 3.8) is 0 Å². The number of allylic oxidation sites excluding steroid dienone is 6. The first-order valence-corrected chi connectivity index (χ1v) is 35.3. The third kappa shape index (κ3) is 27.7. The summed E-state index contributed by atoms with van der Waals surface area (Å²) in [6.45, 7) is 15.3. The van der Waals surface area contributed by atoms with Gasteiger partial charge in [-0.15, -0.1) is 12.4 Å². The number of aliphatic hydroxyl groups is 1. The van der Waals surface area contributed by atoms with E-state index in [1.165, 1.54) is 71.9 Å². The van der Waals surface area contributed by atoms with Crippen LogP contribution in [0.25, 0.3) is 22.5 Å². The average Bonchev–Trinajstić information content (AvgIpc) is 1.41. The molecule has 4 aromatic carbocycles. The minimum Gasteiger partial charge on any atom is -0.508 e. The number of benzene rings is 4. The van der Waals surface area contributed by atoms with Gasteiger partial charge in [0.25, 0.3) is 0 Å². The first-order chi connectivity index (χ1) is 47.4. The number of ether oxygens (including phenoxy) is 6. The van der Waals surface area contributed by atoms with Crippen molar-refractivity contribution in [1.82, 2.24) is 38.7 Å². The quantitative estimate of drug-likeness (QED) is 0.0552. The highest BCUT2D eigenvalue weighted by Gasteiger charge is 2.26. The summed E-state index contributed by atoms with van der Waals surface area (Å²) >= 11 is 0. The average molecular weight is 1390 g/mol. The van der Waals surface area contributed by atoms with Crippen molar-refractivity contribution in [1.29, 1.82) is 0 Å². The van der Waals surface area contributed by atoms with Gasteiger partial charge < -0.3 is 48.4 Å². The SMILES string of the molecule is C1CCOC1.CCOC(=O)N=NC(=O)OCC.CN(C(=O)n1cnc(-c2cccc(O)c2)c1)C1CCCCC1.CN(C(=O)n1cnc(-c2cccc(OCCN3CCOCC3)c2)c1)C1CCCCC1.Cl.OCCN1CCOCC1.[C+]1=CC=C(P(c2ccccc2)c2ccccc2)C=C1. The number of aliphatic hydroxyl groups excluding tert-OH is 1. The van der Waals surface area contributed by atoms with Crippen LogP contribution in [0.2, 0.25) is 0 Å². The largest absolute Gasteiger partial charge is 0.508 e. The molecule has 6 aromatic rings. The first-order valence-electron chi connectivity index (χ1n) is 34.0. The number of carbonyl (C=O) groups excluding carboxylic acids is 4. The molecule has 3 aliphatic heterocycles. The molecule has 12 rings (SSSR count). The van der Waals surface area contributed by atoms with E-state index in [4.69, 9.17) is 24.1 Å². The number of amides is 4. The zero-order chi connectivity index (χ0) is 68.7. The van der Waals surface area contributed by atoms with Crippen LogP contribution in [0.15, 0.2) is 174 Å². The topological polar surface area (TPSA) is 237 Å². The molecular weight excluding hydrogens is 1290 g/mol. The van der Waals surface area contributed by atoms with Gasteiger partial charge >= 0.3 is 24.2 Å². The molecule has 0 bridgehead atoms. The predicted octanol–water partition coefficient (Wildman–Crippen LogP) is 13.2. The van der Waals surface area contributed by atoms with Crippen LogP contribution in [0.3, 0.4) is 0 Å². The van der Waals surface area contributed by atoms with Crippen LogP contribution in [0.1, 0.15) is 90.9 Å². The summed E-state index contributed by atoms with van der Waals surface area (Å²) in [7, 11) is 3.31. The Bertz CT molecular complexity index is 3310. The highest BCUT2D eigenvalue weighted by Crippen LogP contribution is 2.44. The van der Waals surface area contributed by atoms with Gasteiger partial charge in [0, 0.05) is 116 Å². The molecule has 0 spiro atoms. The molecule has 3 saturated heterocycles. The fourth-order valence-electron chi connectivity index (χ4n) is 11.3. The number of azo groups is 1. The second-order valence-corrected chi connectivity index (χ2v) is 25.7. The van der Waals surface area contributed by atoms with Crippen LogP contribution in [-0.4, -0.2) is 205 Å². The van der Waals surface area contributed by atoms with Gasteiger partial charge in [0.2, 0.25) is 0 Å². The summed E-state index contributed by atoms with van der Waals surface area (Å²) in [5.74, 6) is 1.01. The Morgan fingerprint density at radius 2 is 1.07 bits per heavy atom. The number of aromatic hydroxyl groups is 1. The zero-order valence-corrected chi connectivity index (χ0v) is 59.0. The van der Waals surface area contributed by atoms with Gasteiger partial charge in [-0.2, -0.15) is 0 Å². The smallest absolute Gasteiger partial charge is 0.452 e. The van der Waals surface area contributed by atoms with E-state index in [1.54, 1.807) is 55.5 Å². The maximum Gasteiger partial charge on any atom is 0.452 e. The lowest BCUT2D eigenvalue weighted by molar-refractivity contribution is 0.0306. The summed E-state index contributed by atoms with van der Waals surface area (Å²) < 4.78 is 33.2. The Hall–Kier alpha value is -8.01. The number of morpholine rings is 2. The van der Waals surface area contributed by atoms with E-state index in [9.17, 15) is 24.3 Å². The van der Waals surface area contributed by atoms with E-state index in [0.717, 1.165) is 127 Å². The highest BCUT2D eigenvalue weighted by molar-refractivity contribution is 7.77. The predicted molar refractivity (Wildman–Crippen MR) is 385 cm³/mol. The lowest BCUT2D eigenvalue weighted by Gasteiger charge is -2.31. The normalized spacial score (nSPS) is 16.2. The Kier molecular flexibility index (Phi) is 36.7. The fraction of sp³-hybridized carbons (Fsp3) is 0.459.